The second-order valence-corrected chi connectivity index (χ2v) is 4.04. The van der Waals surface area contributed by atoms with Gasteiger partial charge in [0.15, 0.2) is 0 Å². The van der Waals surface area contributed by atoms with Crippen LogP contribution in [0.1, 0.15) is 6.42 Å². The van der Waals surface area contributed by atoms with Gasteiger partial charge in [-0.2, -0.15) is 0 Å². The van der Waals surface area contributed by atoms with E-state index in [2.05, 4.69) is 5.32 Å². The van der Waals surface area contributed by atoms with Gasteiger partial charge >= 0.3 is 0 Å². The third-order valence-corrected chi connectivity index (χ3v) is 2.79. The highest BCUT2D eigenvalue weighted by atomic mass is 16.5. The number of hydrogen-bond acceptors (Lipinski definition) is 4. The van der Waals surface area contributed by atoms with Gasteiger partial charge in [-0.15, -0.1) is 0 Å². The Morgan fingerprint density at radius 1 is 1.29 bits per heavy atom. The molecule has 1 heterocycles. The second kappa shape index (κ2) is 6.47. The standard InChI is InChI=1S/C13H19NO3/c1-15-12-2-4-13(5-3-12)17-9-7-14-11-6-8-16-10-11/h2-5,11,14H,6-10H2,1H3. The van der Waals surface area contributed by atoms with Gasteiger partial charge in [0.2, 0.25) is 0 Å². The molecule has 0 aliphatic carbocycles. The van der Waals surface area contributed by atoms with Crippen molar-refractivity contribution in [1.82, 2.24) is 5.32 Å². The molecule has 1 aromatic carbocycles. The van der Waals surface area contributed by atoms with Crippen LogP contribution in [-0.2, 0) is 4.74 Å². The van der Waals surface area contributed by atoms with E-state index in [0.29, 0.717) is 12.6 Å². The van der Waals surface area contributed by atoms with Crippen LogP contribution >= 0.6 is 0 Å². The van der Waals surface area contributed by atoms with Gasteiger partial charge in [-0.25, -0.2) is 0 Å². The summed E-state index contributed by atoms with van der Waals surface area (Å²) < 4.78 is 16.0. The van der Waals surface area contributed by atoms with Crippen molar-refractivity contribution >= 4 is 0 Å². The minimum Gasteiger partial charge on any atom is -0.497 e. The average molecular weight is 237 g/mol. The van der Waals surface area contributed by atoms with Crippen LogP contribution in [0.4, 0.5) is 0 Å². The van der Waals surface area contributed by atoms with Crippen molar-refractivity contribution < 1.29 is 14.2 Å². The molecule has 1 saturated heterocycles. The molecule has 17 heavy (non-hydrogen) atoms. The zero-order valence-electron chi connectivity index (χ0n) is 10.1. The van der Waals surface area contributed by atoms with Crippen LogP contribution in [0.2, 0.25) is 0 Å². The van der Waals surface area contributed by atoms with E-state index in [-0.39, 0.29) is 0 Å². The topological polar surface area (TPSA) is 39.7 Å². The zero-order valence-corrected chi connectivity index (χ0v) is 10.1. The average Bonchev–Trinajstić information content (AvgIpc) is 2.88. The Labute approximate surface area is 102 Å². The van der Waals surface area contributed by atoms with Crippen molar-refractivity contribution in [2.45, 2.75) is 12.5 Å². The number of ether oxygens (including phenoxy) is 3. The number of methoxy groups -OCH3 is 1. The predicted octanol–water partition coefficient (Wildman–Crippen LogP) is 1.45. The summed E-state index contributed by atoms with van der Waals surface area (Å²) in [6.07, 6.45) is 1.10. The summed E-state index contributed by atoms with van der Waals surface area (Å²) in [5.74, 6) is 1.72. The molecule has 0 bridgehead atoms. The van der Waals surface area contributed by atoms with Crippen LogP contribution in [0.5, 0.6) is 11.5 Å². The van der Waals surface area contributed by atoms with E-state index in [0.717, 1.165) is 37.7 Å². The van der Waals surface area contributed by atoms with Gasteiger partial charge in [-0.3, -0.25) is 0 Å². The van der Waals surface area contributed by atoms with Crippen molar-refractivity contribution in [1.29, 1.82) is 0 Å². The second-order valence-electron chi connectivity index (χ2n) is 4.04. The molecular formula is C13H19NO3. The first-order valence-corrected chi connectivity index (χ1v) is 5.96. The molecule has 1 N–H and O–H groups in total. The van der Waals surface area contributed by atoms with Crippen LogP contribution in [0.15, 0.2) is 24.3 Å². The van der Waals surface area contributed by atoms with Crippen molar-refractivity contribution in [3.63, 3.8) is 0 Å². The third kappa shape index (κ3) is 3.91. The predicted molar refractivity (Wildman–Crippen MR) is 65.7 cm³/mol. The first kappa shape index (κ1) is 12.2. The minimum absolute atomic E-state index is 0.495. The molecule has 0 saturated carbocycles. The fourth-order valence-electron chi connectivity index (χ4n) is 1.80. The highest BCUT2D eigenvalue weighted by Gasteiger charge is 2.13. The number of hydrogen-bond donors (Lipinski definition) is 1. The molecule has 0 aromatic heterocycles. The Balaban J connectivity index is 1.63. The lowest BCUT2D eigenvalue weighted by atomic mass is 10.3. The number of nitrogens with one attached hydrogen (secondary N) is 1. The summed E-state index contributed by atoms with van der Waals surface area (Å²) in [5.41, 5.74) is 0. The molecule has 4 nitrogen and oxygen atoms in total. The quantitative estimate of drug-likeness (QED) is 0.760. The zero-order chi connectivity index (χ0) is 11.9. The molecule has 1 unspecified atom stereocenters. The van der Waals surface area contributed by atoms with E-state index in [1.807, 2.05) is 24.3 Å². The van der Waals surface area contributed by atoms with Crippen molar-refractivity contribution in [2.24, 2.45) is 0 Å². The first-order chi connectivity index (χ1) is 8.38. The fraction of sp³-hybridized carbons (Fsp3) is 0.538. The van der Waals surface area contributed by atoms with Gasteiger partial charge in [0.05, 0.1) is 13.7 Å². The SMILES string of the molecule is COc1ccc(OCCNC2CCOC2)cc1. The summed E-state index contributed by atoms with van der Waals surface area (Å²) in [4.78, 5) is 0. The van der Waals surface area contributed by atoms with Crippen molar-refractivity contribution in [3.8, 4) is 11.5 Å². The van der Waals surface area contributed by atoms with Gasteiger partial charge in [0, 0.05) is 19.2 Å². The van der Waals surface area contributed by atoms with Gasteiger partial charge in [0.1, 0.15) is 18.1 Å². The van der Waals surface area contributed by atoms with E-state index in [9.17, 15) is 0 Å². The normalized spacial score (nSPS) is 19.2. The fourth-order valence-corrected chi connectivity index (χ4v) is 1.80. The van der Waals surface area contributed by atoms with E-state index >= 15 is 0 Å². The van der Waals surface area contributed by atoms with E-state index < -0.39 is 0 Å². The Kier molecular flexibility index (Phi) is 4.64. The van der Waals surface area contributed by atoms with E-state index in [4.69, 9.17) is 14.2 Å². The van der Waals surface area contributed by atoms with Gasteiger partial charge in [0.25, 0.3) is 0 Å². The van der Waals surface area contributed by atoms with Crippen LogP contribution in [0, 0.1) is 0 Å². The Bertz CT molecular complexity index is 320. The Hall–Kier alpha value is -1.26. The smallest absolute Gasteiger partial charge is 0.119 e. The number of benzene rings is 1. The Morgan fingerprint density at radius 3 is 2.71 bits per heavy atom. The minimum atomic E-state index is 0.495. The van der Waals surface area contributed by atoms with Gasteiger partial charge < -0.3 is 19.5 Å². The van der Waals surface area contributed by atoms with E-state index in [1.165, 1.54) is 0 Å². The molecule has 1 aliphatic heterocycles. The lowest BCUT2D eigenvalue weighted by Crippen LogP contribution is -2.32. The van der Waals surface area contributed by atoms with Crippen LogP contribution in [-0.4, -0.2) is 39.5 Å². The molecule has 2 rings (SSSR count). The largest absolute Gasteiger partial charge is 0.497 e. The van der Waals surface area contributed by atoms with Crippen LogP contribution < -0.4 is 14.8 Å². The summed E-state index contributed by atoms with van der Waals surface area (Å²) in [5, 5.41) is 3.40. The van der Waals surface area contributed by atoms with Crippen molar-refractivity contribution in [3.05, 3.63) is 24.3 Å². The molecule has 0 radical (unpaired) electrons. The molecule has 0 amide bonds. The monoisotopic (exact) mass is 237 g/mol. The molecule has 1 atom stereocenters. The maximum Gasteiger partial charge on any atom is 0.119 e. The maximum atomic E-state index is 5.61. The summed E-state index contributed by atoms with van der Waals surface area (Å²) >= 11 is 0. The van der Waals surface area contributed by atoms with Gasteiger partial charge in [-0.1, -0.05) is 0 Å². The lowest BCUT2D eigenvalue weighted by Gasteiger charge is -2.11. The molecular weight excluding hydrogens is 218 g/mol. The van der Waals surface area contributed by atoms with Crippen molar-refractivity contribution in [2.75, 3.05) is 33.5 Å². The summed E-state index contributed by atoms with van der Waals surface area (Å²) in [7, 11) is 1.66. The summed E-state index contributed by atoms with van der Waals surface area (Å²) in [6.45, 7) is 3.21. The Morgan fingerprint density at radius 2 is 2.06 bits per heavy atom. The first-order valence-electron chi connectivity index (χ1n) is 5.96. The lowest BCUT2D eigenvalue weighted by molar-refractivity contribution is 0.188. The van der Waals surface area contributed by atoms with Crippen LogP contribution in [0.25, 0.3) is 0 Å². The van der Waals surface area contributed by atoms with E-state index in [1.54, 1.807) is 7.11 Å². The molecule has 4 heteroatoms. The molecule has 94 valence electrons. The molecule has 1 aromatic rings. The summed E-state index contributed by atoms with van der Waals surface area (Å²) in [6, 6.07) is 8.12. The highest BCUT2D eigenvalue weighted by Crippen LogP contribution is 2.16. The third-order valence-electron chi connectivity index (χ3n) is 2.79. The van der Waals surface area contributed by atoms with Gasteiger partial charge in [-0.05, 0) is 30.7 Å². The number of rotatable bonds is 6. The maximum absolute atomic E-state index is 5.61. The molecule has 1 aliphatic rings. The molecule has 0 spiro atoms. The highest BCUT2D eigenvalue weighted by molar-refractivity contribution is 5.31. The molecule has 1 fully saturated rings. The van der Waals surface area contributed by atoms with Crippen LogP contribution in [0.3, 0.4) is 0 Å².